The van der Waals surface area contributed by atoms with Crippen LogP contribution in [0.15, 0.2) is 90.3 Å². The molecule has 0 aliphatic heterocycles. The summed E-state index contributed by atoms with van der Waals surface area (Å²) in [5, 5.41) is 3.38. The summed E-state index contributed by atoms with van der Waals surface area (Å²) in [6.45, 7) is 2.00. The molecule has 30 heavy (non-hydrogen) atoms. The fourth-order valence-electron chi connectivity index (χ4n) is 3.14. The first-order chi connectivity index (χ1) is 14.7. The molecule has 0 aliphatic rings. The number of hydrogen-bond donors (Lipinski definition) is 2. The van der Waals surface area contributed by atoms with Crippen molar-refractivity contribution >= 4 is 23.4 Å². The molecule has 5 nitrogen and oxygen atoms in total. The summed E-state index contributed by atoms with van der Waals surface area (Å²) in [6.07, 6.45) is 4.00. The molecule has 1 unspecified atom stereocenters. The second-order valence-corrected chi connectivity index (χ2v) is 7.93. The number of benzene rings is 2. The standard InChI is InChI=1S/C24H22N4OS/c1-2-20(23(29)26-19-14-9-15-25-16-19)30-24-27-21(17-10-5-3-6-11-17)22(28-24)18-12-7-4-8-13-18/h3-16,20H,2H2,1H3,(H,26,29)(H,27,28). The van der Waals surface area contributed by atoms with Crippen LogP contribution in [0.1, 0.15) is 13.3 Å². The van der Waals surface area contributed by atoms with Crippen molar-refractivity contribution in [2.75, 3.05) is 5.32 Å². The zero-order chi connectivity index (χ0) is 20.8. The Morgan fingerprint density at radius 3 is 2.33 bits per heavy atom. The van der Waals surface area contributed by atoms with E-state index in [0.717, 1.165) is 27.7 Å². The second-order valence-electron chi connectivity index (χ2n) is 6.74. The number of amides is 1. The average molecular weight is 415 g/mol. The quantitative estimate of drug-likeness (QED) is 0.384. The minimum absolute atomic E-state index is 0.0607. The lowest BCUT2D eigenvalue weighted by atomic mass is 10.1. The van der Waals surface area contributed by atoms with Crippen molar-refractivity contribution in [3.63, 3.8) is 0 Å². The highest BCUT2D eigenvalue weighted by molar-refractivity contribution is 8.00. The number of hydrogen-bond acceptors (Lipinski definition) is 4. The molecule has 0 spiro atoms. The maximum atomic E-state index is 12.8. The van der Waals surface area contributed by atoms with Crippen LogP contribution in [0.5, 0.6) is 0 Å². The zero-order valence-electron chi connectivity index (χ0n) is 16.6. The molecule has 2 aromatic heterocycles. The highest BCUT2D eigenvalue weighted by Gasteiger charge is 2.22. The lowest BCUT2D eigenvalue weighted by Crippen LogP contribution is -2.24. The van der Waals surface area contributed by atoms with E-state index in [4.69, 9.17) is 4.98 Å². The van der Waals surface area contributed by atoms with Crippen LogP contribution in [-0.4, -0.2) is 26.1 Å². The summed E-state index contributed by atoms with van der Waals surface area (Å²) >= 11 is 1.44. The first-order valence-electron chi connectivity index (χ1n) is 9.83. The number of H-pyrrole nitrogens is 1. The monoisotopic (exact) mass is 414 g/mol. The summed E-state index contributed by atoms with van der Waals surface area (Å²) in [5.74, 6) is -0.0607. The number of pyridine rings is 1. The molecule has 2 N–H and O–H groups in total. The third-order valence-electron chi connectivity index (χ3n) is 4.64. The molecule has 0 bridgehead atoms. The van der Waals surface area contributed by atoms with Crippen LogP contribution in [0.2, 0.25) is 0 Å². The van der Waals surface area contributed by atoms with Gasteiger partial charge in [-0.3, -0.25) is 9.78 Å². The van der Waals surface area contributed by atoms with Crippen molar-refractivity contribution in [1.29, 1.82) is 0 Å². The molecule has 0 radical (unpaired) electrons. The molecule has 6 heteroatoms. The Labute approximate surface area is 180 Å². The van der Waals surface area contributed by atoms with E-state index in [0.29, 0.717) is 12.1 Å². The fourth-order valence-corrected chi connectivity index (χ4v) is 4.05. The molecular formula is C24H22N4OS. The molecule has 150 valence electrons. The Kier molecular flexibility index (Phi) is 6.25. The van der Waals surface area contributed by atoms with Gasteiger partial charge in [0.1, 0.15) is 0 Å². The molecule has 2 aromatic carbocycles. The van der Waals surface area contributed by atoms with Gasteiger partial charge in [0, 0.05) is 17.3 Å². The highest BCUT2D eigenvalue weighted by atomic mass is 32.2. The normalized spacial score (nSPS) is 11.8. The van der Waals surface area contributed by atoms with Crippen LogP contribution in [-0.2, 0) is 4.79 Å². The van der Waals surface area contributed by atoms with Crippen molar-refractivity contribution in [1.82, 2.24) is 15.0 Å². The van der Waals surface area contributed by atoms with Gasteiger partial charge >= 0.3 is 0 Å². The number of thioether (sulfide) groups is 1. The van der Waals surface area contributed by atoms with Crippen molar-refractivity contribution in [3.8, 4) is 22.5 Å². The van der Waals surface area contributed by atoms with Gasteiger partial charge in [-0.05, 0) is 18.6 Å². The summed E-state index contributed by atoms with van der Waals surface area (Å²) < 4.78 is 0. The number of aromatic nitrogens is 3. The Morgan fingerprint density at radius 2 is 1.70 bits per heavy atom. The first kappa shape index (κ1) is 19.9. The third-order valence-corrected chi connectivity index (χ3v) is 5.89. The number of rotatable bonds is 7. The van der Waals surface area contributed by atoms with Gasteiger partial charge in [-0.1, -0.05) is 79.3 Å². The number of carbonyl (C=O) groups is 1. The van der Waals surface area contributed by atoms with Gasteiger partial charge in [0.25, 0.3) is 0 Å². The molecule has 1 amide bonds. The lowest BCUT2D eigenvalue weighted by molar-refractivity contribution is -0.115. The van der Waals surface area contributed by atoms with Gasteiger partial charge in [-0.25, -0.2) is 4.98 Å². The van der Waals surface area contributed by atoms with Crippen molar-refractivity contribution in [3.05, 3.63) is 85.2 Å². The van der Waals surface area contributed by atoms with Crippen LogP contribution in [0, 0.1) is 0 Å². The summed E-state index contributed by atoms with van der Waals surface area (Å²) in [6, 6.07) is 23.8. The van der Waals surface area contributed by atoms with E-state index in [2.05, 4.69) is 27.4 Å². The van der Waals surface area contributed by atoms with Gasteiger partial charge in [0.05, 0.1) is 28.5 Å². The minimum atomic E-state index is -0.274. The van der Waals surface area contributed by atoms with Gasteiger partial charge in [-0.2, -0.15) is 0 Å². The Balaban J connectivity index is 1.62. The maximum absolute atomic E-state index is 12.8. The second kappa shape index (κ2) is 9.41. The fraction of sp³-hybridized carbons (Fsp3) is 0.125. The van der Waals surface area contributed by atoms with E-state index < -0.39 is 0 Å². The van der Waals surface area contributed by atoms with E-state index in [9.17, 15) is 4.79 Å². The van der Waals surface area contributed by atoms with Crippen LogP contribution in [0.25, 0.3) is 22.5 Å². The van der Waals surface area contributed by atoms with Gasteiger partial charge in [-0.15, -0.1) is 0 Å². The summed E-state index contributed by atoms with van der Waals surface area (Å²) in [4.78, 5) is 25.1. The maximum Gasteiger partial charge on any atom is 0.238 e. The van der Waals surface area contributed by atoms with Crippen LogP contribution < -0.4 is 5.32 Å². The first-order valence-corrected chi connectivity index (χ1v) is 10.7. The predicted molar refractivity (Wildman–Crippen MR) is 122 cm³/mol. The molecule has 0 saturated carbocycles. The van der Waals surface area contributed by atoms with E-state index in [1.165, 1.54) is 11.8 Å². The molecule has 0 aliphatic carbocycles. The number of nitrogens with one attached hydrogen (secondary N) is 2. The summed E-state index contributed by atoms with van der Waals surface area (Å²) in [5.41, 5.74) is 4.62. The largest absolute Gasteiger partial charge is 0.332 e. The topological polar surface area (TPSA) is 70.7 Å². The molecule has 4 aromatic rings. The Morgan fingerprint density at radius 1 is 1.00 bits per heavy atom. The SMILES string of the molecule is CCC(Sc1nc(-c2ccccc2)c(-c2ccccc2)[nH]1)C(=O)Nc1cccnc1. The lowest BCUT2D eigenvalue weighted by Gasteiger charge is -2.13. The van der Waals surface area contributed by atoms with Crippen LogP contribution >= 0.6 is 11.8 Å². The van der Waals surface area contributed by atoms with E-state index in [1.54, 1.807) is 18.5 Å². The molecule has 0 saturated heterocycles. The van der Waals surface area contributed by atoms with Gasteiger partial charge in [0.2, 0.25) is 5.91 Å². The smallest absolute Gasteiger partial charge is 0.238 e. The molecule has 2 heterocycles. The van der Waals surface area contributed by atoms with Crippen molar-refractivity contribution in [2.24, 2.45) is 0 Å². The average Bonchev–Trinajstić information content (AvgIpc) is 3.23. The Hall–Kier alpha value is -3.38. The number of nitrogens with zero attached hydrogens (tertiary/aromatic N) is 2. The highest BCUT2D eigenvalue weighted by Crippen LogP contribution is 2.34. The van der Waals surface area contributed by atoms with Gasteiger partial charge < -0.3 is 10.3 Å². The van der Waals surface area contributed by atoms with Crippen molar-refractivity contribution < 1.29 is 4.79 Å². The minimum Gasteiger partial charge on any atom is -0.332 e. The predicted octanol–water partition coefficient (Wildman–Crippen LogP) is 5.65. The number of aromatic amines is 1. The number of anilines is 1. The van der Waals surface area contributed by atoms with Crippen molar-refractivity contribution in [2.45, 2.75) is 23.8 Å². The van der Waals surface area contributed by atoms with Crippen LogP contribution in [0.4, 0.5) is 5.69 Å². The number of imidazole rings is 1. The Bertz CT molecular complexity index is 1040. The summed E-state index contributed by atoms with van der Waals surface area (Å²) in [7, 11) is 0. The van der Waals surface area contributed by atoms with Crippen LogP contribution in [0.3, 0.4) is 0 Å². The molecule has 1 atom stereocenters. The van der Waals surface area contributed by atoms with E-state index in [1.807, 2.05) is 61.5 Å². The third kappa shape index (κ3) is 4.60. The molecule has 0 fully saturated rings. The van der Waals surface area contributed by atoms with Gasteiger partial charge in [0.15, 0.2) is 5.16 Å². The molecular weight excluding hydrogens is 392 g/mol. The molecule has 4 rings (SSSR count). The van der Waals surface area contributed by atoms with E-state index >= 15 is 0 Å². The van der Waals surface area contributed by atoms with E-state index in [-0.39, 0.29) is 11.2 Å². The zero-order valence-corrected chi connectivity index (χ0v) is 17.4. The number of carbonyl (C=O) groups excluding carboxylic acids is 1.